The molecule has 2 aromatic carbocycles. The van der Waals surface area contributed by atoms with Crippen LogP contribution in [0.15, 0.2) is 59.1 Å². The van der Waals surface area contributed by atoms with Gasteiger partial charge in [0, 0.05) is 10.6 Å². The molecular weight excluding hydrogens is 367 g/mol. The molecule has 4 heteroatoms. The average molecular weight is 386 g/mol. The van der Waals surface area contributed by atoms with Crippen molar-refractivity contribution in [2.24, 2.45) is 5.92 Å². The molecule has 1 fully saturated rings. The highest BCUT2D eigenvalue weighted by molar-refractivity contribution is 6.50. The minimum atomic E-state index is -0.185. The lowest BCUT2D eigenvalue weighted by Crippen LogP contribution is -2.27. The van der Waals surface area contributed by atoms with Crippen molar-refractivity contribution in [1.82, 2.24) is 0 Å². The zero-order valence-electron chi connectivity index (χ0n) is 14.2. The van der Waals surface area contributed by atoms with Crippen LogP contribution in [-0.2, 0) is 0 Å². The normalized spacial score (nSPS) is 23.2. The van der Waals surface area contributed by atoms with E-state index in [1.807, 2.05) is 18.2 Å². The van der Waals surface area contributed by atoms with Crippen LogP contribution in [0.5, 0.6) is 0 Å². The highest BCUT2D eigenvalue weighted by Gasteiger charge is 2.40. The van der Waals surface area contributed by atoms with Crippen LogP contribution in [-0.4, -0.2) is 16.4 Å². The molecular formula is C22H19Cl2O2+. The van der Waals surface area contributed by atoms with E-state index < -0.39 is 0 Å². The minimum absolute atomic E-state index is 0.114. The van der Waals surface area contributed by atoms with Gasteiger partial charge in [-0.1, -0.05) is 53.5 Å². The van der Waals surface area contributed by atoms with E-state index in [-0.39, 0.29) is 22.5 Å². The van der Waals surface area contributed by atoms with Gasteiger partial charge in [-0.05, 0) is 61.3 Å². The molecule has 2 aliphatic carbocycles. The third kappa shape index (κ3) is 3.02. The van der Waals surface area contributed by atoms with Crippen LogP contribution in [0.4, 0.5) is 0 Å². The molecule has 2 nitrogen and oxygen atoms in total. The first-order valence-electron chi connectivity index (χ1n) is 8.91. The topological polar surface area (TPSA) is 38.5 Å². The van der Waals surface area contributed by atoms with Gasteiger partial charge in [0.1, 0.15) is 5.03 Å². The fourth-order valence-electron chi connectivity index (χ4n) is 4.20. The Morgan fingerprint density at radius 2 is 1.38 bits per heavy atom. The van der Waals surface area contributed by atoms with Crippen molar-refractivity contribution in [3.8, 4) is 0 Å². The van der Waals surface area contributed by atoms with E-state index in [9.17, 15) is 9.59 Å². The number of halogens is 2. The fourth-order valence-corrected chi connectivity index (χ4v) is 4.67. The molecule has 0 spiro atoms. The Hall–Kier alpha value is -1.90. The maximum absolute atomic E-state index is 12.6. The summed E-state index contributed by atoms with van der Waals surface area (Å²) in [5.41, 5.74) is 3.00. The Labute approximate surface area is 162 Å². The summed E-state index contributed by atoms with van der Waals surface area (Å²) in [6, 6.07) is 15.1. The van der Waals surface area contributed by atoms with Gasteiger partial charge in [0.05, 0.1) is 11.1 Å². The summed E-state index contributed by atoms with van der Waals surface area (Å²) in [7, 11) is 0. The van der Waals surface area contributed by atoms with Crippen LogP contribution in [0.3, 0.4) is 0 Å². The molecule has 0 atom stereocenters. The molecule has 0 radical (unpaired) electrons. The summed E-state index contributed by atoms with van der Waals surface area (Å²) in [6.07, 6.45) is 3.81. The lowest BCUT2D eigenvalue weighted by Gasteiger charge is -2.30. The minimum Gasteiger partial charge on any atom is -0.288 e. The SMILES string of the molecule is O=C1C(Cl)=C(C2CCC(c3ccc(Cl)cc3)CC2)C(=[OH+])c2ccccc21. The van der Waals surface area contributed by atoms with Crippen molar-refractivity contribution in [3.63, 3.8) is 0 Å². The third-order valence-corrected chi connectivity index (χ3v) is 6.22. The average Bonchev–Trinajstić information content (AvgIpc) is 2.68. The van der Waals surface area contributed by atoms with Crippen LogP contribution in [0.25, 0.3) is 0 Å². The smallest absolute Gasteiger partial charge is 0.288 e. The van der Waals surface area contributed by atoms with E-state index in [4.69, 9.17) is 23.2 Å². The quantitative estimate of drug-likeness (QED) is 0.593. The molecule has 0 saturated heterocycles. The molecule has 1 N–H and O–H groups in total. The van der Waals surface area contributed by atoms with E-state index in [0.717, 1.165) is 30.7 Å². The maximum Gasteiger partial charge on any atom is 0.353 e. The van der Waals surface area contributed by atoms with Crippen LogP contribution >= 0.6 is 23.2 Å². The highest BCUT2D eigenvalue weighted by atomic mass is 35.5. The second-order valence-corrected chi connectivity index (χ2v) is 7.87. The zero-order valence-corrected chi connectivity index (χ0v) is 15.7. The molecule has 0 aliphatic heterocycles. The van der Waals surface area contributed by atoms with Gasteiger partial charge in [-0.15, -0.1) is 0 Å². The number of Topliss-reactive ketones (excluding diaryl/α,β-unsaturated/α-hetero) is 1. The van der Waals surface area contributed by atoms with Crippen LogP contribution in [0.1, 0.15) is 53.1 Å². The third-order valence-electron chi connectivity index (χ3n) is 5.59. The van der Waals surface area contributed by atoms with E-state index >= 15 is 0 Å². The summed E-state index contributed by atoms with van der Waals surface area (Å²) in [4.78, 5) is 23.4. The van der Waals surface area contributed by atoms with E-state index in [1.165, 1.54) is 5.56 Å². The Morgan fingerprint density at radius 1 is 0.808 bits per heavy atom. The van der Waals surface area contributed by atoms with Crippen molar-refractivity contribution in [2.45, 2.75) is 31.6 Å². The molecule has 0 unspecified atom stereocenters. The predicted molar refractivity (Wildman–Crippen MR) is 106 cm³/mol. The van der Waals surface area contributed by atoms with Gasteiger partial charge < -0.3 is 0 Å². The molecule has 0 heterocycles. The van der Waals surface area contributed by atoms with Gasteiger partial charge in [0.15, 0.2) is 0 Å². The molecule has 1 saturated carbocycles. The number of fused-ring (bicyclic) bond motifs is 1. The molecule has 0 aromatic heterocycles. The lowest BCUT2D eigenvalue weighted by molar-refractivity contribution is 0.103. The van der Waals surface area contributed by atoms with Gasteiger partial charge in [-0.25, -0.2) is 0 Å². The number of rotatable bonds is 2. The van der Waals surface area contributed by atoms with Crippen molar-refractivity contribution >= 4 is 34.8 Å². The molecule has 2 aromatic rings. The second-order valence-electron chi connectivity index (χ2n) is 7.05. The van der Waals surface area contributed by atoms with Gasteiger partial charge in [0.2, 0.25) is 5.78 Å². The van der Waals surface area contributed by atoms with Crippen LogP contribution < -0.4 is 0 Å². The summed E-state index contributed by atoms with van der Waals surface area (Å²) in [6.45, 7) is 0. The molecule has 132 valence electrons. The van der Waals surface area contributed by atoms with Crippen LogP contribution in [0, 0.1) is 5.92 Å². The summed E-state index contributed by atoms with van der Waals surface area (Å²) < 4.78 is 0. The van der Waals surface area contributed by atoms with Crippen LogP contribution in [0.2, 0.25) is 5.02 Å². The Bertz CT molecular complexity index is 904. The molecule has 0 amide bonds. The molecule has 26 heavy (non-hydrogen) atoms. The number of hydrogen-bond acceptors (Lipinski definition) is 1. The zero-order chi connectivity index (χ0) is 18.3. The molecule has 2 aliphatic rings. The Balaban J connectivity index is 1.56. The number of carbonyl (C=O) groups is 1. The highest BCUT2D eigenvalue weighted by Crippen LogP contribution is 2.42. The first-order chi connectivity index (χ1) is 12.6. The number of hydrogen-bond donors (Lipinski definition) is 0. The number of ketones is 2. The monoisotopic (exact) mass is 385 g/mol. The van der Waals surface area contributed by atoms with Crippen molar-refractivity contribution < 1.29 is 9.59 Å². The lowest BCUT2D eigenvalue weighted by atomic mass is 9.72. The number of carbonyl (C=O) groups excluding carboxylic acids is 2. The standard InChI is InChI=1S/C22H18Cl2O2/c23-16-11-9-14(10-12-16)13-5-7-15(8-6-13)19-20(24)22(26)18-4-2-1-3-17(18)21(19)25/h1-4,9-13,15H,5-8H2/p+1. The van der Waals surface area contributed by atoms with Gasteiger partial charge in [-0.2, -0.15) is 0 Å². The van der Waals surface area contributed by atoms with Gasteiger partial charge in [0.25, 0.3) is 0 Å². The van der Waals surface area contributed by atoms with Crippen molar-refractivity contribution in [2.75, 3.05) is 0 Å². The van der Waals surface area contributed by atoms with Crippen molar-refractivity contribution in [3.05, 3.63) is 80.8 Å². The van der Waals surface area contributed by atoms with Gasteiger partial charge in [-0.3, -0.25) is 9.59 Å². The molecule has 4 rings (SSSR count). The maximum atomic E-state index is 12.6. The predicted octanol–water partition coefficient (Wildman–Crippen LogP) is 5.90. The second kappa shape index (κ2) is 7.02. The first-order valence-corrected chi connectivity index (χ1v) is 9.67. The summed E-state index contributed by atoms with van der Waals surface area (Å²) in [5, 5.41) is 0.925. The summed E-state index contributed by atoms with van der Waals surface area (Å²) >= 11 is 12.4. The fraction of sp³-hybridized carbons (Fsp3) is 0.273. The first kappa shape index (κ1) is 17.5. The summed E-state index contributed by atoms with van der Waals surface area (Å²) in [5.74, 6) is 0.579. The number of allylic oxidation sites excluding steroid dienone is 2. The Kier molecular flexibility index (Phi) is 4.73. The van der Waals surface area contributed by atoms with E-state index in [1.54, 1.807) is 18.2 Å². The largest absolute Gasteiger partial charge is 0.353 e. The van der Waals surface area contributed by atoms with E-state index in [2.05, 4.69) is 12.1 Å². The van der Waals surface area contributed by atoms with Gasteiger partial charge >= 0.3 is 5.78 Å². The number of benzene rings is 2. The Morgan fingerprint density at radius 3 is 2.04 bits per heavy atom. The van der Waals surface area contributed by atoms with E-state index in [0.29, 0.717) is 22.6 Å². The molecule has 0 bridgehead atoms. The van der Waals surface area contributed by atoms with Crippen molar-refractivity contribution in [1.29, 1.82) is 0 Å².